The van der Waals surface area contributed by atoms with Crippen LogP contribution >= 0.6 is 0 Å². The maximum absolute atomic E-state index is 11.9. The number of carbonyl (C=O) groups excluding carboxylic acids is 1. The van der Waals surface area contributed by atoms with Gasteiger partial charge < -0.3 is 20.6 Å². The van der Waals surface area contributed by atoms with E-state index in [2.05, 4.69) is 5.16 Å². The summed E-state index contributed by atoms with van der Waals surface area (Å²) in [4.78, 5) is 13.6. The molecule has 1 aliphatic rings. The van der Waals surface area contributed by atoms with E-state index in [-0.39, 0.29) is 30.3 Å². The molecule has 1 fully saturated rings. The lowest BCUT2D eigenvalue weighted by atomic mass is 10.1. The Balaban J connectivity index is 2.63. The third kappa shape index (κ3) is 3.10. The van der Waals surface area contributed by atoms with Crippen LogP contribution in [0.4, 0.5) is 0 Å². The van der Waals surface area contributed by atoms with Crippen molar-refractivity contribution >= 4 is 11.7 Å². The highest BCUT2D eigenvalue weighted by molar-refractivity contribution is 5.98. The number of oxime groups is 1. The lowest BCUT2D eigenvalue weighted by molar-refractivity contribution is -0.143. The molecule has 1 saturated heterocycles. The van der Waals surface area contributed by atoms with Gasteiger partial charge >= 0.3 is 0 Å². The number of morpholine rings is 1. The predicted molar refractivity (Wildman–Crippen MR) is 59.2 cm³/mol. The molecule has 2 unspecified atom stereocenters. The predicted octanol–water partition coefficient (Wildman–Crippen LogP) is 0.149. The summed E-state index contributed by atoms with van der Waals surface area (Å²) in [5, 5.41) is 11.2. The Labute approximate surface area is 95.0 Å². The highest BCUT2D eigenvalue weighted by Gasteiger charge is 2.29. The van der Waals surface area contributed by atoms with E-state index < -0.39 is 0 Å². The van der Waals surface area contributed by atoms with Crippen molar-refractivity contribution in [1.82, 2.24) is 4.90 Å². The fraction of sp³-hybridized carbons (Fsp3) is 0.800. The Kier molecular flexibility index (Phi) is 4.54. The Hall–Kier alpha value is -1.30. The number of nitrogens with zero attached hydrogens (tertiary/aromatic N) is 2. The standard InChI is InChI=1S/C10H19N3O3/c1-3-8-6-16-7(2)5-13(8)10(14)4-9(11)12-15/h7-8,15H,3-6H2,1-2H3,(H2,11,12). The molecule has 0 aliphatic carbocycles. The Bertz CT molecular complexity index is 280. The minimum Gasteiger partial charge on any atom is -0.409 e. The molecule has 3 N–H and O–H groups in total. The largest absolute Gasteiger partial charge is 0.409 e. The van der Waals surface area contributed by atoms with Crippen molar-refractivity contribution in [2.75, 3.05) is 13.2 Å². The van der Waals surface area contributed by atoms with E-state index in [1.54, 1.807) is 4.90 Å². The lowest BCUT2D eigenvalue weighted by Gasteiger charge is -2.38. The van der Waals surface area contributed by atoms with Crippen LogP contribution in [0.25, 0.3) is 0 Å². The van der Waals surface area contributed by atoms with Crippen molar-refractivity contribution in [3.05, 3.63) is 0 Å². The molecule has 6 heteroatoms. The second-order valence-corrected chi connectivity index (χ2v) is 4.02. The molecule has 2 atom stereocenters. The summed E-state index contributed by atoms with van der Waals surface area (Å²) in [7, 11) is 0. The van der Waals surface area contributed by atoms with Crippen LogP contribution in [0.2, 0.25) is 0 Å². The summed E-state index contributed by atoms with van der Waals surface area (Å²) in [6, 6.07) is 0.0928. The van der Waals surface area contributed by atoms with Crippen molar-refractivity contribution in [2.45, 2.75) is 38.8 Å². The number of amides is 1. The van der Waals surface area contributed by atoms with Crippen molar-refractivity contribution in [2.24, 2.45) is 10.9 Å². The number of amidine groups is 1. The van der Waals surface area contributed by atoms with Gasteiger partial charge in [0.25, 0.3) is 0 Å². The fourth-order valence-corrected chi connectivity index (χ4v) is 1.78. The van der Waals surface area contributed by atoms with Gasteiger partial charge in [-0.3, -0.25) is 4.79 Å². The smallest absolute Gasteiger partial charge is 0.230 e. The lowest BCUT2D eigenvalue weighted by Crippen LogP contribution is -2.52. The molecule has 0 aromatic rings. The topological polar surface area (TPSA) is 88.2 Å². The number of ether oxygens (including phenoxy) is 1. The van der Waals surface area contributed by atoms with Gasteiger partial charge in [-0.2, -0.15) is 0 Å². The molecule has 1 heterocycles. The highest BCUT2D eigenvalue weighted by atomic mass is 16.5. The van der Waals surface area contributed by atoms with Gasteiger partial charge in [-0.15, -0.1) is 0 Å². The average molecular weight is 229 g/mol. The summed E-state index contributed by atoms with van der Waals surface area (Å²) in [6.07, 6.45) is 0.841. The van der Waals surface area contributed by atoms with E-state index in [9.17, 15) is 4.79 Å². The van der Waals surface area contributed by atoms with E-state index in [0.717, 1.165) is 6.42 Å². The molecule has 1 amide bonds. The van der Waals surface area contributed by atoms with Crippen LogP contribution in [-0.2, 0) is 9.53 Å². The minimum atomic E-state index is -0.114. The third-order valence-corrected chi connectivity index (χ3v) is 2.72. The average Bonchev–Trinajstić information content (AvgIpc) is 2.28. The highest BCUT2D eigenvalue weighted by Crippen LogP contribution is 2.15. The number of carbonyl (C=O) groups is 1. The summed E-state index contributed by atoms with van der Waals surface area (Å²) >= 11 is 0. The number of rotatable bonds is 3. The van der Waals surface area contributed by atoms with Crippen LogP contribution in [0, 0.1) is 0 Å². The fourth-order valence-electron chi connectivity index (χ4n) is 1.78. The van der Waals surface area contributed by atoms with Crippen molar-refractivity contribution < 1.29 is 14.7 Å². The second kappa shape index (κ2) is 5.69. The van der Waals surface area contributed by atoms with Crippen LogP contribution in [0.5, 0.6) is 0 Å². The van der Waals surface area contributed by atoms with E-state index in [1.807, 2.05) is 13.8 Å². The maximum Gasteiger partial charge on any atom is 0.230 e. The Morgan fingerprint density at radius 2 is 2.38 bits per heavy atom. The van der Waals surface area contributed by atoms with Gasteiger partial charge in [0.2, 0.25) is 5.91 Å². The molecule has 16 heavy (non-hydrogen) atoms. The van der Waals surface area contributed by atoms with E-state index in [0.29, 0.717) is 13.2 Å². The van der Waals surface area contributed by atoms with Crippen molar-refractivity contribution in [3.8, 4) is 0 Å². The molecule has 0 radical (unpaired) electrons. The molecule has 1 aliphatic heterocycles. The van der Waals surface area contributed by atoms with Gasteiger partial charge in [0.05, 0.1) is 25.2 Å². The van der Waals surface area contributed by atoms with Crippen molar-refractivity contribution in [1.29, 1.82) is 0 Å². The maximum atomic E-state index is 11.9. The van der Waals surface area contributed by atoms with Crippen LogP contribution in [0.3, 0.4) is 0 Å². The van der Waals surface area contributed by atoms with Crippen molar-refractivity contribution in [3.63, 3.8) is 0 Å². The first kappa shape index (κ1) is 12.8. The molecule has 0 aromatic carbocycles. The Morgan fingerprint density at radius 3 is 2.94 bits per heavy atom. The van der Waals surface area contributed by atoms with Crippen LogP contribution < -0.4 is 5.73 Å². The Morgan fingerprint density at radius 1 is 1.69 bits per heavy atom. The molecule has 6 nitrogen and oxygen atoms in total. The quantitative estimate of drug-likeness (QED) is 0.312. The van der Waals surface area contributed by atoms with E-state index in [4.69, 9.17) is 15.7 Å². The summed E-state index contributed by atoms with van der Waals surface area (Å²) in [5.41, 5.74) is 5.32. The minimum absolute atomic E-state index is 0.0408. The van der Waals surface area contributed by atoms with Gasteiger partial charge in [0, 0.05) is 6.54 Å². The van der Waals surface area contributed by atoms with Gasteiger partial charge in [-0.05, 0) is 13.3 Å². The van der Waals surface area contributed by atoms with Crippen LogP contribution in [-0.4, -0.2) is 47.1 Å². The zero-order valence-electron chi connectivity index (χ0n) is 9.72. The molecular weight excluding hydrogens is 210 g/mol. The van der Waals surface area contributed by atoms with E-state index >= 15 is 0 Å². The second-order valence-electron chi connectivity index (χ2n) is 4.02. The van der Waals surface area contributed by atoms with Gasteiger partial charge in [0.15, 0.2) is 0 Å². The van der Waals surface area contributed by atoms with Gasteiger partial charge in [-0.25, -0.2) is 0 Å². The number of hydrogen-bond acceptors (Lipinski definition) is 4. The zero-order valence-corrected chi connectivity index (χ0v) is 9.72. The summed E-state index contributed by atoms with van der Waals surface area (Å²) in [6.45, 7) is 5.05. The number of hydrogen-bond donors (Lipinski definition) is 2. The van der Waals surface area contributed by atoms with Crippen LogP contribution in [0.1, 0.15) is 26.7 Å². The van der Waals surface area contributed by atoms with E-state index in [1.165, 1.54) is 0 Å². The summed E-state index contributed by atoms with van der Waals surface area (Å²) < 4.78 is 5.49. The summed E-state index contributed by atoms with van der Waals surface area (Å²) in [5.74, 6) is -0.170. The van der Waals surface area contributed by atoms with Gasteiger partial charge in [-0.1, -0.05) is 12.1 Å². The van der Waals surface area contributed by atoms with Gasteiger partial charge in [0.1, 0.15) is 5.84 Å². The third-order valence-electron chi connectivity index (χ3n) is 2.72. The molecule has 1 rings (SSSR count). The molecule has 92 valence electrons. The monoisotopic (exact) mass is 229 g/mol. The molecule has 0 saturated carbocycles. The first-order chi connectivity index (χ1) is 7.58. The molecule has 0 bridgehead atoms. The first-order valence-electron chi connectivity index (χ1n) is 5.46. The molecule has 0 aromatic heterocycles. The normalized spacial score (nSPS) is 26.9. The molecule has 0 spiro atoms. The zero-order chi connectivity index (χ0) is 12.1. The first-order valence-corrected chi connectivity index (χ1v) is 5.46. The SMILES string of the molecule is CCC1COC(C)CN1C(=O)C/C(N)=N/O. The van der Waals surface area contributed by atoms with Crippen LogP contribution in [0.15, 0.2) is 5.16 Å². The molecular formula is C10H19N3O3. The number of nitrogens with two attached hydrogens (primary N) is 1.